The van der Waals surface area contributed by atoms with Crippen molar-refractivity contribution in [1.29, 1.82) is 0 Å². The van der Waals surface area contributed by atoms with Gasteiger partial charge in [-0.2, -0.15) is 0 Å². The van der Waals surface area contributed by atoms with Gasteiger partial charge in [-0.25, -0.2) is 4.99 Å². The van der Waals surface area contributed by atoms with Crippen molar-refractivity contribution in [3.05, 3.63) is 12.4 Å². The summed E-state index contributed by atoms with van der Waals surface area (Å²) in [6.07, 6.45) is 5.32. The van der Waals surface area contributed by atoms with Crippen molar-refractivity contribution in [2.45, 2.75) is 32.4 Å². The van der Waals surface area contributed by atoms with Crippen LogP contribution in [0.3, 0.4) is 0 Å². The lowest BCUT2D eigenvalue weighted by Gasteiger charge is -2.33. The molecule has 2 aliphatic rings. The number of hydrogen-bond acceptors (Lipinski definition) is 3. The minimum absolute atomic E-state index is 0.466. The van der Waals surface area contributed by atoms with Crippen molar-refractivity contribution < 1.29 is 0 Å². The van der Waals surface area contributed by atoms with E-state index in [0.29, 0.717) is 12.1 Å². The van der Waals surface area contributed by atoms with Gasteiger partial charge in [0.05, 0.1) is 6.04 Å². The van der Waals surface area contributed by atoms with Crippen molar-refractivity contribution in [1.82, 2.24) is 9.80 Å². The number of fused-ring (bicyclic) bond motifs is 1. The highest BCUT2D eigenvalue weighted by atomic mass is 15.4. The van der Waals surface area contributed by atoms with Crippen LogP contribution in [0, 0.1) is 0 Å². The third-order valence-corrected chi connectivity index (χ3v) is 2.49. The van der Waals surface area contributed by atoms with Crippen LogP contribution >= 0.6 is 0 Å². The highest BCUT2D eigenvalue weighted by molar-refractivity contribution is 5.85. The van der Waals surface area contributed by atoms with Crippen LogP contribution in [-0.4, -0.2) is 34.9 Å². The zero-order valence-electron chi connectivity index (χ0n) is 7.86. The van der Waals surface area contributed by atoms with E-state index in [2.05, 4.69) is 41.0 Å². The third-order valence-electron chi connectivity index (χ3n) is 2.49. The number of guanidine groups is 1. The van der Waals surface area contributed by atoms with Crippen molar-refractivity contribution >= 4 is 5.96 Å². The minimum atomic E-state index is 0.466. The van der Waals surface area contributed by atoms with Crippen LogP contribution in [0.15, 0.2) is 17.4 Å². The van der Waals surface area contributed by atoms with Gasteiger partial charge in [-0.05, 0) is 20.3 Å². The lowest BCUT2D eigenvalue weighted by Crippen LogP contribution is -2.42. The van der Waals surface area contributed by atoms with Crippen molar-refractivity contribution in [3.8, 4) is 0 Å². The second kappa shape index (κ2) is 2.51. The lowest BCUT2D eigenvalue weighted by atomic mass is 10.1. The summed E-state index contributed by atoms with van der Waals surface area (Å²) >= 11 is 0. The van der Waals surface area contributed by atoms with E-state index in [4.69, 9.17) is 0 Å². The quantitative estimate of drug-likeness (QED) is 0.538. The Morgan fingerprint density at radius 1 is 1.42 bits per heavy atom. The first kappa shape index (κ1) is 7.65. The predicted molar refractivity (Wildman–Crippen MR) is 49.7 cm³/mol. The Morgan fingerprint density at radius 2 is 2.17 bits per heavy atom. The first-order valence-electron chi connectivity index (χ1n) is 4.46. The molecular formula is C9H15N3. The van der Waals surface area contributed by atoms with Crippen LogP contribution in [0.2, 0.25) is 0 Å². The molecule has 0 saturated carbocycles. The van der Waals surface area contributed by atoms with Crippen LogP contribution in [0.5, 0.6) is 0 Å². The largest absolute Gasteiger partial charge is 0.321 e. The van der Waals surface area contributed by atoms with E-state index in [-0.39, 0.29) is 0 Å². The Kier molecular flexibility index (Phi) is 1.60. The first-order valence-corrected chi connectivity index (χ1v) is 4.46. The minimum Gasteiger partial charge on any atom is -0.321 e. The Bertz CT molecular complexity index is 244. The molecule has 0 fully saturated rings. The van der Waals surface area contributed by atoms with Gasteiger partial charge < -0.3 is 9.80 Å². The number of rotatable bonds is 0. The Labute approximate surface area is 73.4 Å². The fourth-order valence-corrected chi connectivity index (χ4v) is 1.85. The van der Waals surface area contributed by atoms with E-state index in [0.717, 1.165) is 12.4 Å². The SMILES string of the molecule is CC1CC(C)N2C=CN(C)C2=N1. The fourth-order valence-electron chi connectivity index (χ4n) is 1.85. The molecule has 0 radical (unpaired) electrons. The van der Waals surface area contributed by atoms with Crippen LogP contribution in [0.4, 0.5) is 0 Å². The summed E-state index contributed by atoms with van der Waals surface area (Å²) in [6, 6.07) is 1.06. The molecule has 3 heteroatoms. The predicted octanol–water partition coefficient (Wildman–Crippen LogP) is 1.24. The van der Waals surface area contributed by atoms with E-state index in [1.807, 2.05) is 7.05 Å². The highest BCUT2D eigenvalue weighted by Gasteiger charge is 2.28. The average molecular weight is 165 g/mol. The van der Waals surface area contributed by atoms with Crippen molar-refractivity contribution in [3.63, 3.8) is 0 Å². The molecular weight excluding hydrogens is 150 g/mol. The molecule has 0 aliphatic carbocycles. The number of hydrogen-bond donors (Lipinski definition) is 0. The summed E-state index contributed by atoms with van der Waals surface area (Å²) in [7, 11) is 2.04. The summed E-state index contributed by atoms with van der Waals surface area (Å²) in [5.74, 6) is 1.10. The van der Waals surface area contributed by atoms with E-state index >= 15 is 0 Å². The molecule has 2 aliphatic heterocycles. The zero-order valence-corrected chi connectivity index (χ0v) is 7.86. The van der Waals surface area contributed by atoms with Gasteiger partial charge in [0, 0.05) is 25.5 Å². The van der Waals surface area contributed by atoms with Gasteiger partial charge in [0.15, 0.2) is 0 Å². The molecule has 12 heavy (non-hydrogen) atoms. The van der Waals surface area contributed by atoms with Gasteiger partial charge in [0.25, 0.3) is 0 Å². The van der Waals surface area contributed by atoms with E-state index in [9.17, 15) is 0 Å². The molecule has 0 saturated heterocycles. The van der Waals surface area contributed by atoms with Gasteiger partial charge in [-0.3, -0.25) is 0 Å². The number of aliphatic imine (C=N–C) groups is 1. The summed E-state index contributed by atoms with van der Waals surface area (Å²) in [6.45, 7) is 4.42. The second-order valence-electron chi connectivity index (χ2n) is 3.68. The maximum Gasteiger partial charge on any atom is 0.205 e. The van der Waals surface area contributed by atoms with E-state index in [1.54, 1.807) is 0 Å². The standard InChI is InChI=1S/C9H15N3/c1-7-6-8(2)12-5-4-11(3)9(12)10-7/h4-5,7-8H,6H2,1-3H3. The molecule has 66 valence electrons. The van der Waals surface area contributed by atoms with Gasteiger partial charge in [-0.15, -0.1) is 0 Å². The molecule has 3 nitrogen and oxygen atoms in total. The summed E-state index contributed by atoms with van der Waals surface area (Å²) < 4.78 is 0. The Morgan fingerprint density at radius 3 is 2.92 bits per heavy atom. The summed E-state index contributed by atoms with van der Waals surface area (Å²) in [5.41, 5.74) is 0. The third kappa shape index (κ3) is 1.00. The van der Waals surface area contributed by atoms with Crippen molar-refractivity contribution in [2.75, 3.05) is 7.05 Å². The van der Waals surface area contributed by atoms with Crippen LogP contribution in [0.1, 0.15) is 20.3 Å². The maximum atomic E-state index is 4.58. The lowest BCUT2D eigenvalue weighted by molar-refractivity contribution is 0.342. The zero-order chi connectivity index (χ0) is 8.72. The topological polar surface area (TPSA) is 18.8 Å². The number of nitrogens with zero attached hydrogens (tertiary/aromatic N) is 3. The Balaban J connectivity index is 2.29. The monoisotopic (exact) mass is 165 g/mol. The fraction of sp³-hybridized carbons (Fsp3) is 0.667. The summed E-state index contributed by atoms with van der Waals surface area (Å²) in [4.78, 5) is 8.89. The second-order valence-corrected chi connectivity index (χ2v) is 3.68. The molecule has 0 aromatic carbocycles. The smallest absolute Gasteiger partial charge is 0.205 e. The molecule has 0 amide bonds. The molecule has 0 bridgehead atoms. The van der Waals surface area contributed by atoms with E-state index in [1.165, 1.54) is 0 Å². The van der Waals surface area contributed by atoms with Crippen LogP contribution in [-0.2, 0) is 0 Å². The van der Waals surface area contributed by atoms with Crippen LogP contribution < -0.4 is 0 Å². The Hall–Kier alpha value is -0.990. The van der Waals surface area contributed by atoms with E-state index < -0.39 is 0 Å². The molecule has 0 aromatic rings. The molecule has 0 spiro atoms. The van der Waals surface area contributed by atoms with Gasteiger partial charge in [0.1, 0.15) is 0 Å². The van der Waals surface area contributed by atoms with Gasteiger partial charge in [0.2, 0.25) is 5.96 Å². The normalized spacial score (nSPS) is 33.8. The van der Waals surface area contributed by atoms with Crippen LogP contribution in [0.25, 0.3) is 0 Å². The van der Waals surface area contributed by atoms with Crippen molar-refractivity contribution in [2.24, 2.45) is 4.99 Å². The molecule has 2 atom stereocenters. The highest BCUT2D eigenvalue weighted by Crippen LogP contribution is 2.22. The molecule has 2 heterocycles. The summed E-state index contributed by atoms with van der Waals surface area (Å²) in [5, 5.41) is 0. The molecule has 0 aromatic heterocycles. The van der Waals surface area contributed by atoms with Gasteiger partial charge in [-0.1, -0.05) is 0 Å². The molecule has 0 N–H and O–H groups in total. The maximum absolute atomic E-state index is 4.58. The first-order chi connectivity index (χ1) is 5.68. The molecule has 2 unspecified atom stereocenters. The van der Waals surface area contributed by atoms with Gasteiger partial charge >= 0.3 is 0 Å². The average Bonchev–Trinajstić information content (AvgIpc) is 2.33. The molecule has 2 rings (SSSR count).